The van der Waals surface area contributed by atoms with E-state index in [0.717, 1.165) is 5.92 Å². The molecular formula is C10H14S. The molecule has 0 spiro atoms. The monoisotopic (exact) mass is 166 g/mol. The molecule has 0 radical (unpaired) electrons. The van der Waals surface area contributed by atoms with Crippen LogP contribution in [0.4, 0.5) is 0 Å². The van der Waals surface area contributed by atoms with E-state index in [-0.39, 0.29) is 0 Å². The Bertz CT molecular complexity index is 180. The van der Waals surface area contributed by atoms with Crippen LogP contribution in [0, 0.1) is 23.7 Å². The lowest BCUT2D eigenvalue weighted by Gasteiger charge is -2.26. The first-order valence-corrected chi connectivity index (χ1v) is 5.58. The molecule has 0 aromatic rings. The topological polar surface area (TPSA) is 0 Å². The second-order valence-corrected chi connectivity index (χ2v) is 4.86. The molecule has 0 amide bonds. The summed E-state index contributed by atoms with van der Waals surface area (Å²) >= 11 is 2.09. The third kappa shape index (κ3) is 1.29. The summed E-state index contributed by atoms with van der Waals surface area (Å²) in [5.74, 6) is 6.54. The van der Waals surface area contributed by atoms with Gasteiger partial charge in [0, 0.05) is 5.41 Å². The van der Waals surface area contributed by atoms with E-state index in [1.54, 1.807) is 0 Å². The summed E-state index contributed by atoms with van der Waals surface area (Å²) in [6, 6.07) is 0. The van der Waals surface area contributed by atoms with Gasteiger partial charge in [0.05, 0.1) is 0 Å². The molecule has 60 valence electrons. The Kier molecular flexibility index (Phi) is 1.89. The molecule has 2 aliphatic rings. The van der Waals surface area contributed by atoms with Crippen LogP contribution in [-0.4, -0.2) is 11.5 Å². The Labute approximate surface area is 73.1 Å². The third-order valence-electron chi connectivity index (χ3n) is 3.02. The van der Waals surface area contributed by atoms with Crippen molar-refractivity contribution >= 4 is 11.8 Å². The summed E-state index contributed by atoms with van der Waals surface area (Å²) in [5.41, 5.74) is 0.368. The van der Waals surface area contributed by atoms with E-state index >= 15 is 0 Å². The van der Waals surface area contributed by atoms with Gasteiger partial charge in [0.25, 0.3) is 0 Å². The number of hydrogen-bond donors (Lipinski definition) is 0. The lowest BCUT2D eigenvalue weighted by molar-refractivity contribution is 0.392. The first-order chi connectivity index (χ1) is 5.37. The molecule has 1 unspecified atom stereocenters. The zero-order chi connectivity index (χ0) is 7.73. The molecule has 2 rings (SSSR count). The van der Waals surface area contributed by atoms with Crippen LogP contribution in [0.15, 0.2) is 0 Å². The minimum atomic E-state index is 0.368. The van der Waals surface area contributed by atoms with Crippen molar-refractivity contribution in [2.24, 2.45) is 11.3 Å². The molecule has 1 saturated heterocycles. The predicted octanol–water partition coefficient (Wildman–Crippen LogP) is 2.54. The second-order valence-electron chi connectivity index (χ2n) is 3.71. The molecule has 1 aliphatic heterocycles. The highest BCUT2D eigenvalue weighted by Crippen LogP contribution is 2.54. The number of hydrogen-bond acceptors (Lipinski definition) is 1. The molecule has 2 fully saturated rings. The molecule has 0 bridgehead atoms. The standard InChI is InChI=1S/C10H14S/c1-2-10(5-6-10)9-4-3-7-11-8-9/h1,9H,3-8H2. The number of terminal acetylenes is 1. The Hall–Kier alpha value is -0.0900. The van der Waals surface area contributed by atoms with E-state index in [2.05, 4.69) is 17.7 Å². The van der Waals surface area contributed by atoms with Crippen LogP contribution in [0.2, 0.25) is 0 Å². The number of thioether (sulfide) groups is 1. The van der Waals surface area contributed by atoms with Gasteiger partial charge in [0.1, 0.15) is 0 Å². The van der Waals surface area contributed by atoms with Crippen molar-refractivity contribution in [3.63, 3.8) is 0 Å². The maximum absolute atomic E-state index is 5.54. The van der Waals surface area contributed by atoms with Gasteiger partial charge in [0.2, 0.25) is 0 Å². The molecule has 11 heavy (non-hydrogen) atoms. The minimum absolute atomic E-state index is 0.368. The molecular weight excluding hydrogens is 152 g/mol. The lowest BCUT2D eigenvalue weighted by Crippen LogP contribution is -2.20. The molecule has 1 heterocycles. The Morgan fingerprint density at radius 2 is 2.27 bits per heavy atom. The molecule has 1 heteroatoms. The minimum Gasteiger partial charge on any atom is -0.162 e. The van der Waals surface area contributed by atoms with Gasteiger partial charge >= 0.3 is 0 Å². The highest BCUT2D eigenvalue weighted by molar-refractivity contribution is 7.99. The van der Waals surface area contributed by atoms with Gasteiger partial charge in [-0.1, -0.05) is 5.92 Å². The smallest absolute Gasteiger partial charge is 0.0349 e. The van der Waals surface area contributed by atoms with E-state index in [4.69, 9.17) is 6.42 Å². The van der Waals surface area contributed by atoms with Crippen LogP contribution in [0.3, 0.4) is 0 Å². The summed E-state index contributed by atoms with van der Waals surface area (Å²) in [5, 5.41) is 0. The lowest BCUT2D eigenvalue weighted by atomic mass is 9.87. The molecule has 0 N–H and O–H groups in total. The highest BCUT2D eigenvalue weighted by Gasteiger charge is 2.47. The quantitative estimate of drug-likeness (QED) is 0.539. The molecule has 1 atom stereocenters. The first kappa shape index (κ1) is 7.55. The van der Waals surface area contributed by atoms with Crippen LogP contribution < -0.4 is 0 Å². The molecule has 1 aliphatic carbocycles. The predicted molar refractivity (Wildman–Crippen MR) is 50.5 cm³/mol. The van der Waals surface area contributed by atoms with Crippen LogP contribution in [0.25, 0.3) is 0 Å². The zero-order valence-electron chi connectivity index (χ0n) is 6.81. The van der Waals surface area contributed by atoms with E-state index in [9.17, 15) is 0 Å². The molecule has 0 aromatic carbocycles. The van der Waals surface area contributed by atoms with Crippen molar-refractivity contribution in [1.82, 2.24) is 0 Å². The largest absolute Gasteiger partial charge is 0.162 e. The van der Waals surface area contributed by atoms with Gasteiger partial charge in [-0.2, -0.15) is 11.8 Å². The fraction of sp³-hybridized carbons (Fsp3) is 0.800. The van der Waals surface area contributed by atoms with Crippen molar-refractivity contribution in [1.29, 1.82) is 0 Å². The fourth-order valence-corrected chi connectivity index (χ4v) is 3.29. The van der Waals surface area contributed by atoms with Crippen molar-refractivity contribution in [2.45, 2.75) is 25.7 Å². The maximum atomic E-state index is 5.54. The fourth-order valence-electron chi connectivity index (χ4n) is 1.98. The normalized spacial score (nSPS) is 34.3. The van der Waals surface area contributed by atoms with Crippen LogP contribution in [0.1, 0.15) is 25.7 Å². The van der Waals surface area contributed by atoms with Gasteiger partial charge in [-0.15, -0.1) is 6.42 Å². The van der Waals surface area contributed by atoms with Gasteiger partial charge in [-0.25, -0.2) is 0 Å². The van der Waals surface area contributed by atoms with Crippen LogP contribution in [-0.2, 0) is 0 Å². The van der Waals surface area contributed by atoms with Crippen molar-refractivity contribution in [3.05, 3.63) is 0 Å². The summed E-state index contributed by atoms with van der Waals surface area (Å²) in [7, 11) is 0. The number of rotatable bonds is 1. The maximum Gasteiger partial charge on any atom is 0.0349 e. The SMILES string of the molecule is C#CC1(C2CCCSC2)CC1. The zero-order valence-corrected chi connectivity index (χ0v) is 7.62. The summed E-state index contributed by atoms with van der Waals surface area (Å²) in [4.78, 5) is 0. The van der Waals surface area contributed by atoms with E-state index in [0.29, 0.717) is 5.41 Å². The van der Waals surface area contributed by atoms with E-state index < -0.39 is 0 Å². The second kappa shape index (κ2) is 2.75. The molecule has 0 aromatic heterocycles. The Morgan fingerprint density at radius 1 is 1.45 bits per heavy atom. The summed E-state index contributed by atoms with van der Waals surface area (Å²) in [6.45, 7) is 0. The van der Waals surface area contributed by atoms with Crippen LogP contribution >= 0.6 is 11.8 Å². The van der Waals surface area contributed by atoms with Gasteiger partial charge in [-0.05, 0) is 43.1 Å². The average Bonchev–Trinajstić information content (AvgIpc) is 2.86. The summed E-state index contributed by atoms with van der Waals surface area (Å²) < 4.78 is 0. The first-order valence-electron chi connectivity index (χ1n) is 4.43. The van der Waals surface area contributed by atoms with Gasteiger partial charge in [0.15, 0.2) is 0 Å². The van der Waals surface area contributed by atoms with Gasteiger partial charge in [-0.3, -0.25) is 0 Å². The summed E-state index contributed by atoms with van der Waals surface area (Å²) in [6.07, 6.45) is 10.9. The Balaban J connectivity index is 1.99. The van der Waals surface area contributed by atoms with Crippen molar-refractivity contribution in [3.8, 4) is 12.3 Å². The van der Waals surface area contributed by atoms with E-state index in [1.165, 1.54) is 37.2 Å². The van der Waals surface area contributed by atoms with Crippen molar-refractivity contribution in [2.75, 3.05) is 11.5 Å². The van der Waals surface area contributed by atoms with Crippen molar-refractivity contribution < 1.29 is 0 Å². The third-order valence-corrected chi connectivity index (χ3v) is 4.23. The molecule has 0 nitrogen and oxygen atoms in total. The Morgan fingerprint density at radius 3 is 2.73 bits per heavy atom. The van der Waals surface area contributed by atoms with Gasteiger partial charge < -0.3 is 0 Å². The van der Waals surface area contributed by atoms with Crippen LogP contribution in [0.5, 0.6) is 0 Å². The van der Waals surface area contributed by atoms with E-state index in [1.807, 2.05) is 0 Å². The highest BCUT2D eigenvalue weighted by atomic mass is 32.2. The molecule has 1 saturated carbocycles. The average molecular weight is 166 g/mol.